The molecule has 0 atom stereocenters. The number of carbonyl (C=O) groups excluding carboxylic acids is 2. The van der Waals surface area contributed by atoms with Crippen LogP contribution in [-0.4, -0.2) is 43.3 Å². The Morgan fingerprint density at radius 2 is 0.825 bits per heavy atom. The average molecular weight is 814 g/mol. The quantitative estimate of drug-likeness (QED) is 0.136. The topological polar surface area (TPSA) is 93.1 Å². The van der Waals surface area contributed by atoms with Gasteiger partial charge >= 0.3 is 19.1 Å². The molecule has 8 aromatic rings. The molecule has 8 heteroatoms. The normalized spacial score (nSPS) is 10.9. The number of hydrogen-bond donors (Lipinski definition) is 2. The molecule has 0 spiro atoms. The standard InChI is InChI=1S/C24H16O2.C16H11BO2.C8H7BrO2.CH4/c1-26-24(25)22-10-5-4-9-17(22)18-13-14-21-16-8-3-2-7-15(16)19-11-6-12-20(18)23(19)21;18-17(19)15-9-8-13-11-5-2-1-4-10(11)12-6-3-7-14(15)16(12)13;1-11-8(10)6-4-2-3-5-7(6)9;/h2-14H,1H3;1-9,18-19H;2-5H,1H3;1H4. The number of halogens is 1. The number of benzene rings is 8. The molecule has 0 radical (unpaired) electrons. The molecule has 0 bridgehead atoms. The van der Waals surface area contributed by atoms with Crippen LogP contribution in [0, 0.1) is 0 Å². The summed E-state index contributed by atoms with van der Waals surface area (Å²) in [6.07, 6.45) is 0. The van der Waals surface area contributed by atoms with E-state index in [1.165, 1.54) is 64.1 Å². The lowest BCUT2D eigenvalue weighted by Gasteiger charge is -2.12. The van der Waals surface area contributed by atoms with Crippen LogP contribution in [0.5, 0.6) is 0 Å². The monoisotopic (exact) mass is 812 g/mol. The fourth-order valence-corrected chi connectivity index (χ4v) is 8.29. The van der Waals surface area contributed by atoms with Gasteiger partial charge in [-0.3, -0.25) is 0 Å². The number of esters is 2. The van der Waals surface area contributed by atoms with E-state index >= 15 is 0 Å². The molecule has 0 saturated heterocycles. The van der Waals surface area contributed by atoms with Crippen molar-refractivity contribution >= 4 is 62.0 Å². The number of hydrogen-bond acceptors (Lipinski definition) is 6. The van der Waals surface area contributed by atoms with E-state index in [4.69, 9.17) is 4.74 Å². The summed E-state index contributed by atoms with van der Waals surface area (Å²) >= 11 is 3.24. The fraction of sp³-hybridized carbons (Fsp3) is 0.0612. The highest BCUT2D eigenvalue weighted by Gasteiger charge is 2.25. The van der Waals surface area contributed by atoms with E-state index in [0.717, 1.165) is 31.8 Å². The van der Waals surface area contributed by atoms with Crippen LogP contribution in [0.15, 0.2) is 162 Å². The third-order valence-corrected chi connectivity index (χ3v) is 11.0. The van der Waals surface area contributed by atoms with Crippen molar-refractivity contribution in [1.82, 2.24) is 0 Å². The lowest BCUT2D eigenvalue weighted by Crippen LogP contribution is -2.30. The first kappa shape index (κ1) is 38.9. The molecule has 10 rings (SSSR count). The van der Waals surface area contributed by atoms with Gasteiger partial charge in [-0.15, -0.1) is 0 Å². The second-order valence-corrected chi connectivity index (χ2v) is 14.1. The summed E-state index contributed by atoms with van der Waals surface area (Å²) in [6.45, 7) is 0. The van der Waals surface area contributed by atoms with Gasteiger partial charge in [-0.25, -0.2) is 9.59 Å². The van der Waals surface area contributed by atoms with Crippen molar-refractivity contribution in [2.45, 2.75) is 7.43 Å². The zero-order valence-corrected chi connectivity index (χ0v) is 32.1. The molecule has 0 heterocycles. The summed E-state index contributed by atoms with van der Waals surface area (Å²) in [6, 6.07) is 52.0. The van der Waals surface area contributed by atoms with Crippen molar-refractivity contribution in [2.24, 2.45) is 0 Å². The summed E-state index contributed by atoms with van der Waals surface area (Å²) in [7, 11) is 1.35. The minimum absolute atomic E-state index is 0. The van der Waals surface area contributed by atoms with Crippen LogP contribution in [0.2, 0.25) is 0 Å². The molecule has 0 fully saturated rings. The van der Waals surface area contributed by atoms with Crippen LogP contribution >= 0.6 is 15.9 Å². The summed E-state index contributed by atoms with van der Waals surface area (Å²) in [5.74, 6) is -0.635. The van der Waals surface area contributed by atoms with E-state index in [1.807, 2.05) is 60.7 Å². The average Bonchev–Trinajstić information content (AvgIpc) is 3.75. The first-order valence-electron chi connectivity index (χ1n) is 18.0. The smallest absolute Gasteiger partial charge is 0.465 e. The van der Waals surface area contributed by atoms with Gasteiger partial charge < -0.3 is 19.5 Å². The largest absolute Gasteiger partial charge is 0.489 e. The molecule has 2 aliphatic carbocycles. The van der Waals surface area contributed by atoms with Crippen LogP contribution < -0.4 is 5.46 Å². The summed E-state index contributed by atoms with van der Waals surface area (Å²) in [4.78, 5) is 23.2. The highest BCUT2D eigenvalue weighted by Crippen LogP contribution is 2.49. The fourth-order valence-electron chi connectivity index (χ4n) is 7.84. The zero-order valence-electron chi connectivity index (χ0n) is 30.5. The Kier molecular flexibility index (Phi) is 11.2. The molecular formula is C49H38BBrO6. The maximum Gasteiger partial charge on any atom is 0.489 e. The van der Waals surface area contributed by atoms with E-state index in [9.17, 15) is 19.6 Å². The minimum Gasteiger partial charge on any atom is -0.465 e. The molecule has 0 unspecified atom stereocenters. The molecular weight excluding hydrogens is 775 g/mol. The molecule has 0 aromatic heterocycles. The van der Waals surface area contributed by atoms with Gasteiger partial charge in [0, 0.05) is 4.47 Å². The van der Waals surface area contributed by atoms with Gasteiger partial charge in [-0.1, -0.05) is 147 Å². The van der Waals surface area contributed by atoms with Crippen molar-refractivity contribution in [3.8, 4) is 55.6 Å². The molecule has 0 amide bonds. The Labute approximate surface area is 340 Å². The first-order chi connectivity index (χ1) is 27.3. The third-order valence-electron chi connectivity index (χ3n) is 10.3. The van der Waals surface area contributed by atoms with Gasteiger partial charge in [-0.05, 0) is 117 Å². The zero-order chi connectivity index (χ0) is 38.9. The van der Waals surface area contributed by atoms with E-state index in [-0.39, 0.29) is 19.4 Å². The number of carbonyl (C=O) groups is 2. The van der Waals surface area contributed by atoms with Crippen LogP contribution in [0.1, 0.15) is 28.1 Å². The number of ether oxygens (including phenoxy) is 2. The molecule has 8 aromatic carbocycles. The lowest BCUT2D eigenvalue weighted by atomic mass is 9.76. The van der Waals surface area contributed by atoms with Crippen LogP contribution in [0.4, 0.5) is 0 Å². The molecule has 280 valence electrons. The number of methoxy groups -OCH3 is 2. The van der Waals surface area contributed by atoms with Crippen LogP contribution in [-0.2, 0) is 9.47 Å². The molecule has 2 N–H and O–H groups in total. The Bertz CT molecular complexity index is 2770. The van der Waals surface area contributed by atoms with Crippen molar-refractivity contribution in [3.05, 3.63) is 173 Å². The Hall–Kier alpha value is -6.32. The van der Waals surface area contributed by atoms with Gasteiger partial charge in [-0.2, -0.15) is 0 Å². The van der Waals surface area contributed by atoms with Crippen molar-refractivity contribution in [2.75, 3.05) is 14.2 Å². The first-order valence-corrected chi connectivity index (χ1v) is 18.8. The van der Waals surface area contributed by atoms with Crippen LogP contribution in [0.3, 0.4) is 0 Å². The molecule has 57 heavy (non-hydrogen) atoms. The predicted molar refractivity (Wildman–Crippen MR) is 236 cm³/mol. The SMILES string of the molecule is C.COC(=O)c1ccccc1-c1ccc2c3c(cccc13)-c1ccccc1-2.COC(=O)c1ccccc1Br.OB(O)c1ccc2c3c(cccc13)-c1ccccc1-2. The summed E-state index contributed by atoms with van der Waals surface area (Å²) in [5, 5.41) is 23.4. The third kappa shape index (κ3) is 6.93. The minimum atomic E-state index is -1.44. The highest BCUT2D eigenvalue weighted by molar-refractivity contribution is 9.10. The highest BCUT2D eigenvalue weighted by atomic mass is 79.9. The van der Waals surface area contributed by atoms with Crippen molar-refractivity contribution in [1.29, 1.82) is 0 Å². The van der Waals surface area contributed by atoms with E-state index in [2.05, 4.69) is 93.5 Å². The van der Waals surface area contributed by atoms with Gasteiger partial charge in [0.2, 0.25) is 0 Å². The Morgan fingerprint density at radius 1 is 0.439 bits per heavy atom. The van der Waals surface area contributed by atoms with E-state index in [1.54, 1.807) is 24.3 Å². The molecule has 0 aliphatic heterocycles. The molecule has 0 saturated carbocycles. The predicted octanol–water partition coefficient (Wildman–Crippen LogP) is 11.0. The second-order valence-electron chi connectivity index (χ2n) is 13.3. The second kappa shape index (κ2) is 16.4. The van der Waals surface area contributed by atoms with Gasteiger partial charge in [0.05, 0.1) is 25.3 Å². The van der Waals surface area contributed by atoms with Crippen molar-refractivity contribution in [3.63, 3.8) is 0 Å². The summed E-state index contributed by atoms with van der Waals surface area (Å²) in [5.41, 5.74) is 13.5. The lowest BCUT2D eigenvalue weighted by molar-refractivity contribution is 0.0591. The van der Waals surface area contributed by atoms with Gasteiger partial charge in [0.1, 0.15) is 0 Å². The summed E-state index contributed by atoms with van der Waals surface area (Å²) < 4.78 is 10.3. The Balaban J connectivity index is 0.000000141. The molecule has 2 aliphatic rings. The Morgan fingerprint density at radius 3 is 1.35 bits per heavy atom. The van der Waals surface area contributed by atoms with Gasteiger partial charge in [0.25, 0.3) is 0 Å². The number of rotatable bonds is 4. The van der Waals surface area contributed by atoms with Gasteiger partial charge in [0.15, 0.2) is 0 Å². The van der Waals surface area contributed by atoms with E-state index < -0.39 is 7.12 Å². The maximum atomic E-state index is 12.2. The van der Waals surface area contributed by atoms with E-state index in [0.29, 0.717) is 16.6 Å². The van der Waals surface area contributed by atoms with Crippen LogP contribution in [0.25, 0.3) is 77.2 Å². The maximum absolute atomic E-state index is 12.2. The molecule has 6 nitrogen and oxygen atoms in total. The van der Waals surface area contributed by atoms with Crippen molar-refractivity contribution < 1.29 is 29.1 Å². The number of fused-ring (bicyclic) bond motifs is 6.